The maximum atomic E-state index is 13.0. The Morgan fingerprint density at radius 1 is 1.03 bits per heavy atom. The number of nitrogens with zero attached hydrogens (tertiary/aromatic N) is 3. The van der Waals surface area contributed by atoms with E-state index in [4.69, 9.17) is 4.74 Å². The van der Waals surface area contributed by atoms with Crippen LogP contribution in [0.1, 0.15) is 47.9 Å². The fraction of sp³-hybridized carbons (Fsp3) is 0.619. The summed E-state index contributed by atoms with van der Waals surface area (Å²) in [6, 6.07) is 2.37. The minimum atomic E-state index is -3.65. The van der Waals surface area contributed by atoms with Crippen LogP contribution in [0.25, 0.3) is 0 Å². The molecule has 3 heterocycles. The van der Waals surface area contributed by atoms with Crippen LogP contribution in [0.3, 0.4) is 0 Å². The van der Waals surface area contributed by atoms with E-state index < -0.39 is 10.0 Å². The molecular formula is C21H27N5O3S. The van der Waals surface area contributed by atoms with Gasteiger partial charge in [0, 0.05) is 37.4 Å². The predicted octanol–water partition coefficient (Wildman–Crippen LogP) is 2.33. The third kappa shape index (κ3) is 2.90. The number of fused-ring (bicyclic) bond motifs is 2. The Bertz CT molecular complexity index is 1060. The fourth-order valence-electron chi connectivity index (χ4n) is 5.61. The first kappa shape index (κ1) is 18.8. The molecule has 6 rings (SSSR count). The molecule has 2 aliphatic carbocycles. The van der Waals surface area contributed by atoms with Crippen LogP contribution in [0.5, 0.6) is 0 Å². The van der Waals surface area contributed by atoms with Crippen molar-refractivity contribution in [2.75, 3.05) is 31.6 Å². The second kappa shape index (κ2) is 6.77. The van der Waals surface area contributed by atoms with E-state index in [1.807, 2.05) is 0 Å². The van der Waals surface area contributed by atoms with Gasteiger partial charge in [-0.25, -0.2) is 13.5 Å². The number of H-pyrrole nitrogens is 1. The fourth-order valence-corrected chi connectivity index (χ4v) is 7.11. The molecule has 0 bridgehead atoms. The lowest BCUT2D eigenvalue weighted by molar-refractivity contribution is -0.0478. The van der Waals surface area contributed by atoms with Gasteiger partial charge in [-0.3, -0.25) is 0 Å². The summed E-state index contributed by atoms with van der Waals surface area (Å²) in [6.07, 6.45) is 8.53. The average Bonchev–Trinajstić information content (AvgIpc) is 3.46. The summed E-state index contributed by atoms with van der Waals surface area (Å²) >= 11 is 0. The molecule has 8 nitrogen and oxygen atoms in total. The van der Waals surface area contributed by atoms with Gasteiger partial charge in [-0.05, 0) is 73.6 Å². The van der Waals surface area contributed by atoms with Gasteiger partial charge in [0.05, 0.1) is 0 Å². The van der Waals surface area contributed by atoms with Crippen molar-refractivity contribution in [2.24, 2.45) is 5.41 Å². The summed E-state index contributed by atoms with van der Waals surface area (Å²) in [4.78, 5) is 4.33. The number of ether oxygens (including phenoxy) is 1. The summed E-state index contributed by atoms with van der Waals surface area (Å²) in [5.74, 6) is 0.337. The number of benzene rings is 1. The molecule has 2 N–H and O–H groups in total. The third-order valence-electron chi connectivity index (χ3n) is 7.34. The summed E-state index contributed by atoms with van der Waals surface area (Å²) < 4.78 is 33.0. The zero-order valence-corrected chi connectivity index (χ0v) is 17.9. The molecule has 30 heavy (non-hydrogen) atoms. The molecule has 0 amide bonds. The molecule has 0 atom stereocenters. The first-order chi connectivity index (χ1) is 14.5. The smallest absolute Gasteiger partial charge is 0.278 e. The standard InChI is InChI=1S/C21H27N5O3S/c27-30(28,26-12-21(13-26)7-9-29-10-8-21)20-23-19(24-25-20)22-18-16-5-1-3-14(16)11-15-4-2-6-17(15)18/h11H,1-10,12-13H2,(H2,22,23,24,25). The lowest BCUT2D eigenvalue weighted by atomic mass is 9.75. The Labute approximate surface area is 176 Å². The Balaban J connectivity index is 1.24. The lowest BCUT2D eigenvalue weighted by Crippen LogP contribution is -2.60. The molecule has 0 unspecified atom stereocenters. The number of rotatable bonds is 4. The highest BCUT2D eigenvalue weighted by Crippen LogP contribution is 2.42. The Morgan fingerprint density at radius 3 is 2.37 bits per heavy atom. The minimum absolute atomic E-state index is 0.0730. The SMILES string of the molecule is O=S(=O)(c1nc(Nc2c3c(cc4c2CCC4)CCC3)n[nH]1)N1CC2(CCOCC2)C1. The highest BCUT2D eigenvalue weighted by Gasteiger charge is 2.49. The molecule has 160 valence electrons. The van der Waals surface area contributed by atoms with Crippen molar-refractivity contribution in [3.05, 3.63) is 28.3 Å². The highest BCUT2D eigenvalue weighted by molar-refractivity contribution is 7.89. The first-order valence-electron chi connectivity index (χ1n) is 11.0. The van der Waals surface area contributed by atoms with Crippen molar-refractivity contribution in [1.29, 1.82) is 0 Å². The maximum absolute atomic E-state index is 13.0. The van der Waals surface area contributed by atoms with Crippen molar-refractivity contribution in [3.63, 3.8) is 0 Å². The number of aryl methyl sites for hydroxylation is 2. The number of hydrogen-bond donors (Lipinski definition) is 2. The molecule has 0 saturated carbocycles. The van der Waals surface area contributed by atoms with Crippen molar-refractivity contribution in [3.8, 4) is 0 Å². The summed E-state index contributed by atoms with van der Waals surface area (Å²) in [5, 5.41) is 10.2. The van der Waals surface area contributed by atoms with Gasteiger partial charge in [0.15, 0.2) is 0 Å². The van der Waals surface area contributed by atoms with Crippen LogP contribution in [0.15, 0.2) is 11.2 Å². The largest absolute Gasteiger partial charge is 0.381 e. The number of aromatic amines is 1. The topological polar surface area (TPSA) is 100 Å². The van der Waals surface area contributed by atoms with Gasteiger partial charge in [0.1, 0.15) is 0 Å². The van der Waals surface area contributed by atoms with Crippen molar-refractivity contribution in [1.82, 2.24) is 19.5 Å². The van der Waals surface area contributed by atoms with Crippen molar-refractivity contribution >= 4 is 21.7 Å². The molecule has 4 aliphatic rings. The molecule has 9 heteroatoms. The van der Waals surface area contributed by atoms with Gasteiger partial charge in [0.25, 0.3) is 15.2 Å². The summed E-state index contributed by atoms with van der Waals surface area (Å²) in [6.45, 7) is 2.52. The Morgan fingerprint density at radius 2 is 1.70 bits per heavy atom. The van der Waals surface area contributed by atoms with E-state index in [-0.39, 0.29) is 10.6 Å². The van der Waals surface area contributed by atoms with Crippen LogP contribution in [0, 0.1) is 5.41 Å². The van der Waals surface area contributed by atoms with Gasteiger partial charge in [-0.15, -0.1) is 5.10 Å². The van der Waals surface area contributed by atoms with E-state index in [9.17, 15) is 8.42 Å². The van der Waals surface area contributed by atoms with E-state index in [2.05, 4.69) is 26.6 Å². The molecule has 1 spiro atoms. The average molecular weight is 430 g/mol. The number of anilines is 2. The molecule has 2 saturated heterocycles. The number of nitrogens with one attached hydrogen (secondary N) is 2. The molecule has 1 aromatic carbocycles. The second-order valence-corrected chi connectivity index (χ2v) is 11.1. The van der Waals surface area contributed by atoms with Crippen LogP contribution in [0.4, 0.5) is 11.6 Å². The van der Waals surface area contributed by atoms with E-state index in [0.29, 0.717) is 19.0 Å². The van der Waals surface area contributed by atoms with Crippen LogP contribution in [-0.2, 0) is 40.4 Å². The molecule has 0 radical (unpaired) electrons. The Hall–Kier alpha value is -1.97. The monoisotopic (exact) mass is 429 g/mol. The van der Waals surface area contributed by atoms with Crippen LogP contribution in [0.2, 0.25) is 0 Å². The molecular weight excluding hydrogens is 402 g/mol. The van der Waals surface area contributed by atoms with Gasteiger partial charge in [-0.2, -0.15) is 9.29 Å². The zero-order valence-electron chi connectivity index (χ0n) is 17.0. The normalized spacial score (nSPS) is 22.7. The number of hydrogen-bond acceptors (Lipinski definition) is 6. The lowest BCUT2D eigenvalue weighted by Gasteiger charge is -2.50. The van der Waals surface area contributed by atoms with E-state index in [1.54, 1.807) is 0 Å². The molecule has 2 aromatic rings. The van der Waals surface area contributed by atoms with Gasteiger partial charge in [-0.1, -0.05) is 6.07 Å². The first-order valence-corrected chi connectivity index (χ1v) is 12.4. The summed E-state index contributed by atoms with van der Waals surface area (Å²) in [7, 11) is -3.65. The summed E-state index contributed by atoms with van der Waals surface area (Å²) in [5.41, 5.74) is 6.75. The van der Waals surface area contributed by atoms with Crippen LogP contribution >= 0.6 is 0 Å². The van der Waals surface area contributed by atoms with Crippen LogP contribution < -0.4 is 5.32 Å². The van der Waals surface area contributed by atoms with Crippen molar-refractivity contribution < 1.29 is 13.2 Å². The van der Waals surface area contributed by atoms with Crippen LogP contribution in [-0.4, -0.2) is 54.2 Å². The Kier molecular flexibility index (Phi) is 4.23. The third-order valence-corrected chi connectivity index (χ3v) is 8.95. The predicted molar refractivity (Wildman–Crippen MR) is 111 cm³/mol. The minimum Gasteiger partial charge on any atom is -0.381 e. The second-order valence-electron chi connectivity index (χ2n) is 9.21. The molecule has 2 aliphatic heterocycles. The quantitative estimate of drug-likeness (QED) is 0.774. The van der Waals surface area contributed by atoms with E-state index in [1.165, 1.54) is 39.4 Å². The van der Waals surface area contributed by atoms with Crippen molar-refractivity contribution in [2.45, 2.75) is 56.5 Å². The van der Waals surface area contributed by atoms with Gasteiger partial charge < -0.3 is 10.1 Å². The number of aromatic nitrogens is 3. The van der Waals surface area contributed by atoms with E-state index in [0.717, 1.165) is 57.4 Å². The van der Waals surface area contributed by atoms with Gasteiger partial charge >= 0.3 is 0 Å². The highest BCUT2D eigenvalue weighted by atomic mass is 32.2. The maximum Gasteiger partial charge on any atom is 0.278 e. The zero-order chi connectivity index (χ0) is 20.3. The molecule has 2 fully saturated rings. The van der Waals surface area contributed by atoms with E-state index >= 15 is 0 Å². The molecule has 1 aromatic heterocycles. The number of sulfonamides is 1. The van der Waals surface area contributed by atoms with Gasteiger partial charge in [0.2, 0.25) is 5.95 Å².